The van der Waals surface area contributed by atoms with Gasteiger partial charge in [0.1, 0.15) is 0 Å². The highest BCUT2D eigenvalue weighted by atomic mass is 16.2. The van der Waals surface area contributed by atoms with Crippen LogP contribution in [0.15, 0.2) is 54.9 Å². The predicted octanol–water partition coefficient (Wildman–Crippen LogP) is 2.57. The second kappa shape index (κ2) is 7.51. The second-order valence-corrected chi connectivity index (χ2v) is 7.74. The molecule has 2 heterocycles. The Kier molecular flexibility index (Phi) is 4.92. The monoisotopic (exact) mass is 363 g/mol. The van der Waals surface area contributed by atoms with Crippen molar-refractivity contribution in [1.82, 2.24) is 15.2 Å². The minimum absolute atomic E-state index is 0.0186. The molecule has 0 bridgehead atoms. The van der Waals surface area contributed by atoms with Gasteiger partial charge in [0.25, 0.3) is 0 Å². The van der Waals surface area contributed by atoms with Crippen LogP contribution in [0.25, 0.3) is 0 Å². The van der Waals surface area contributed by atoms with Gasteiger partial charge >= 0.3 is 0 Å². The number of hydrogen-bond donors (Lipinski definition) is 1. The van der Waals surface area contributed by atoms with E-state index in [-0.39, 0.29) is 23.1 Å². The molecule has 0 unspecified atom stereocenters. The van der Waals surface area contributed by atoms with Crippen molar-refractivity contribution in [1.29, 1.82) is 0 Å². The molecule has 2 aromatic rings. The van der Waals surface area contributed by atoms with Crippen LogP contribution in [-0.2, 0) is 22.6 Å². The Bertz CT molecular complexity index is 753. The van der Waals surface area contributed by atoms with Gasteiger partial charge in [0.2, 0.25) is 11.8 Å². The molecular weight excluding hydrogens is 338 g/mol. The van der Waals surface area contributed by atoms with E-state index in [2.05, 4.69) is 22.4 Å². The summed E-state index contributed by atoms with van der Waals surface area (Å²) in [4.78, 5) is 31.0. The molecule has 2 fully saturated rings. The van der Waals surface area contributed by atoms with Crippen molar-refractivity contribution in [2.24, 2.45) is 11.3 Å². The maximum Gasteiger partial charge on any atom is 0.224 e. The van der Waals surface area contributed by atoms with Crippen LogP contribution >= 0.6 is 0 Å². The minimum atomic E-state index is 0.0186. The topological polar surface area (TPSA) is 62.3 Å². The van der Waals surface area contributed by atoms with Gasteiger partial charge < -0.3 is 10.2 Å². The average molecular weight is 363 g/mol. The Morgan fingerprint density at radius 2 is 1.89 bits per heavy atom. The zero-order valence-corrected chi connectivity index (χ0v) is 15.4. The Morgan fingerprint density at radius 3 is 2.67 bits per heavy atom. The maximum absolute atomic E-state index is 12.5. The van der Waals surface area contributed by atoms with Gasteiger partial charge in [0.15, 0.2) is 0 Å². The lowest BCUT2D eigenvalue weighted by atomic mass is 10.0. The van der Waals surface area contributed by atoms with Crippen LogP contribution in [0.5, 0.6) is 0 Å². The summed E-state index contributed by atoms with van der Waals surface area (Å²) in [5, 5.41) is 3.03. The number of carbonyl (C=O) groups is 2. The summed E-state index contributed by atoms with van der Waals surface area (Å²) in [6, 6.07) is 13.9. The first kappa shape index (κ1) is 17.7. The highest BCUT2D eigenvalue weighted by Gasteiger charge is 2.61. The Morgan fingerprint density at radius 1 is 1.11 bits per heavy atom. The van der Waals surface area contributed by atoms with E-state index in [1.165, 1.54) is 5.56 Å². The van der Waals surface area contributed by atoms with E-state index >= 15 is 0 Å². The summed E-state index contributed by atoms with van der Waals surface area (Å²) < 4.78 is 0. The Hall–Kier alpha value is -2.69. The van der Waals surface area contributed by atoms with E-state index in [1.807, 2.05) is 35.2 Å². The van der Waals surface area contributed by atoms with Crippen LogP contribution in [0.4, 0.5) is 0 Å². The number of likely N-dealkylation sites (tertiary alicyclic amines) is 1. The minimum Gasteiger partial charge on any atom is -0.352 e. The Balaban J connectivity index is 1.24. The van der Waals surface area contributed by atoms with Crippen LogP contribution in [0.3, 0.4) is 0 Å². The van der Waals surface area contributed by atoms with Crippen LogP contribution < -0.4 is 5.32 Å². The van der Waals surface area contributed by atoms with Gasteiger partial charge in [-0.1, -0.05) is 30.3 Å². The molecule has 5 heteroatoms. The molecule has 1 aliphatic carbocycles. The second-order valence-electron chi connectivity index (χ2n) is 7.74. The third kappa shape index (κ3) is 4.02. The van der Waals surface area contributed by atoms with E-state index < -0.39 is 0 Å². The van der Waals surface area contributed by atoms with Crippen molar-refractivity contribution in [3.63, 3.8) is 0 Å². The summed E-state index contributed by atoms with van der Waals surface area (Å²) in [6.45, 7) is 2.05. The molecule has 2 aliphatic rings. The van der Waals surface area contributed by atoms with Gasteiger partial charge in [-0.3, -0.25) is 14.6 Å². The first-order chi connectivity index (χ1) is 13.2. The first-order valence-electron chi connectivity index (χ1n) is 9.65. The number of aromatic nitrogens is 1. The third-order valence-electron chi connectivity index (χ3n) is 5.93. The molecule has 1 spiro atoms. The number of aryl methyl sites for hydroxylation is 1. The highest BCUT2D eigenvalue weighted by molar-refractivity contribution is 5.83. The van der Waals surface area contributed by atoms with E-state index in [1.54, 1.807) is 12.4 Å². The van der Waals surface area contributed by atoms with Crippen molar-refractivity contribution in [3.05, 3.63) is 66.0 Å². The SMILES string of the molecule is O=C(NCc1ccncc1)[C@H]1C[C@@]12CCN(C(=O)CCc1ccccc1)C2. The number of nitrogens with one attached hydrogen (secondary N) is 1. The van der Waals surface area contributed by atoms with E-state index in [4.69, 9.17) is 0 Å². The maximum atomic E-state index is 12.5. The van der Waals surface area contributed by atoms with Crippen molar-refractivity contribution in [2.45, 2.75) is 32.2 Å². The zero-order chi connectivity index (χ0) is 18.7. The summed E-state index contributed by atoms with van der Waals surface area (Å²) >= 11 is 0. The molecule has 1 saturated carbocycles. The summed E-state index contributed by atoms with van der Waals surface area (Å²) in [5.74, 6) is 0.371. The molecule has 0 radical (unpaired) electrons. The molecule has 140 valence electrons. The number of benzene rings is 1. The molecule has 1 saturated heterocycles. The first-order valence-corrected chi connectivity index (χ1v) is 9.65. The summed E-state index contributed by atoms with van der Waals surface area (Å²) in [7, 11) is 0. The fraction of sp³-hybridized carbons (Fsp3) is 0.409. The number of amides is 2. The average Bonchev–Trinajstić information content (AvgIpc) is 3.25. The lowest BCUT2D eigenvalue weighted by Crippen LogP contribution is -2.31. The molecule has 27 heavy (non-hydrogen) atoms. The lowest BCUT2D eigenvalue weighted by molar-refractivity contribution is -0.130. The van der Waals surface area contributed by atoms with E-state index in [9.17, 15) is 9.59 Å². The van der Waals surface area contributed by atoms with Crippen molar-refractivity contribution in [3.8, 4) is 0 Å². The molecule has 1 aliphatic heterocycles. The van der Waals surface area contributed by atoms with Crippen LogP contribution in [0.1, 0.15) is 30.4 Å². The van der Waals surface area contributed by atoms with Crippen LogP contribution in [0, 0.1) is 11.3 Å². The van der Waals surface area contributed by atoms with Crippen molar-refractivity contribution >= 4 is 11.8 Å². The summed E-state index contributed by atoms with van der Waals surface area (Å²) in [5.41, 5.74) is 2.27. The highest BCUT2D eigenvalue weighted by Crippen LogP contribution is 2.58. The summed E-state index contributed by atoms with van der Waals surface area (Å²) in [6.07, 6.45) is 6.62. The largest absolute Gasteiger partial charge is 0.352 e. The Labute approximate surface area is 159 Å². The number of pyridine rings is 1. The van der Waals surface area contributed by atoms with Crippen LogP contribution in [-0.4, -0.2) is 34.8 Å². The molecule has 5 nitrogen and oxygen atoms in total. The van der Waals surface area contributed by atoms with Crippen LogP contribution in [0.2, 0.25) is 0 Å². The number of nitrogens with zero attached hydrogens (tertiary/aromatic N) is 2. The molecular formula is C22H25N3O2. The number of hydrogen-bond acceptors (Lipinski definition) is 3. The molecule has 2 atom stereocenters. The van der Waals surface area contributed by atoms with E-state index in [0.29, 0.717) is 13.0 Å². The lowest BCUT2D eigenvalue weighted by Gasteiger charge is -2.17. The quantitative estimate of drug-likeness (QED) is 0.858. The number of carbonyl (C=O) groups excluding carboxylic acids is 2. The molecule has 4 rings (SSSR count). The van der Waals surface area contributed by atoms with Gasteiger partial charge in [-0.25, -0.2) is 0 Å². The standard InChI is InChI=1S/C22H25N3O2/c26-20(7-6-17-4-2-1-3-5-17)25-13-10-22(16-25)14-19(22)21(27)24-15-18-8-11-23-12-9-18/h1-5,8-9,11-12,19H,6-7,10,13-16H2,(H,24,27)/t19-,22-/m1/s1. The zero-order valence-electron chi connectivity index (χ0n) is 15.4. The van der Waals surface area contributed by atoms with Gasteiger partial charge in [-0.05, 0) is 42.5 Å². The number of rotatable bonds is 6. The molecule has 1 N–H and O–H groups in total. The van der Waals surface area contributed by atoms with Gasteiger partial charge in [0.05, 0.1) is 0 Å². The third-order valence-corrected chi connectivity index (χ3v) is 5.93. The van der Waals surface area contributed by atoms with Gasteiger partial charge in [-0.15, -0.1) is 0 Å². The molecule has 1 aromatic heterocycles. The molecule has 1 aromatic carbocycles. The van der Waals surface area contributed by atoms with Gasteiger partial charge in [0, 0.05) is 49.8 Å². The van der Waals surface area contributed by atoms with E-state index in [0.717, 1.165) is 37.9 Å². The molecule has 2 amide bonds. The normalized spacial score (nSPS) is 23.4. The fourth-order valence-corrected chi connectivity index (χ4v) is 4.15. The smallest absolute Gasteiger partial charge is 0.224 e. The van der Waals surface area contributed by atoms with Crippen molar-refractivity contribution < 1.29 is 9.59 Å². The van der Waals surface area contributed by atoms with Crippen molar-refractivity contribution in [2.75, 3.05) is 13.1 Å². The fourth-order valence-electron chi connectivity index (χ4n) is 4.15. The van der Waals surface area contributed by atoms with Gasteiger partial charge in [-0.2, -0.15) is 0 Å². The predicted molar refractivity (Wildman–Crippen MR) is 103 cm³/mol.